The van der Waals surface area contributed by atoms with Gasteiger partial charge in [0, 0.05) is 5.41 Å². The summed E-state index contributed by atoms with van der Waals surface area (Å²) in [5, 5.41) is 11.8. The first-order chi connectivity index (χ1) is 9.97. The van der Waals surface area contributed by atoms with Crippen molar-refractivity contribution in [2.24, 2.45) is 5.41 Å². The highest BCUT2D eigenvalue weighted by Crippen LogP contribution is 2.48. The predicted molar refractivity (Wildman–Crippen MR) is 73.4 cm³/mol. The SMILES string of the molecule is CCC1(C(=O)NCC(Oc2ccc(F)cc2)C(=O)O)CC1. The summed E-state index contributed by atoms with van der Waals surface area (Å²) in [7, 11) is 0. The van der Waals surface area contributed by atoms with Crippen LogP contribution in [0.2, 0.25) is 0 Å². The van der Waals surface area contributed by atoms with Gasteiger partial charge in [-0.2, -0.15) is 0 Å². The standard InChI is InChI=1S/C15H18FNO4/c1-2-15(7-8-15)14(20)17-9-12(13(18)19)21-11-5-3-10(16)4-6-11/h3-6,12H,2,7-9H2,1H3,(H,17,20)(H,18,19). The van der Waals surface area contributed by atoms with E-state index in [-0.39, 0.29) is 23.6 Å². The third-order valence-electron chi connectivity index (χ3n) is 3.83. The maximum Gasteiger partial charge on any atom is 0.346 e. The second-order valence-electron chi connectivity index (χ2n) is 5.24. The molecule has 2 rings (SSSR count). The molecular formula is C15H18FNO4. The van der Waals surface area contributed by atoms with Crippen LogP contribution in [0.15, 0.2) is 24.3 Å². The van der Waals surface area contributed by atoms with Gasteiger partial charge in [-0.05, 0) is 43.5 Å². The number of hydrogen-bond donors (Lipinski definition) is 2. The Morgan fingerprint density at radius 3 is 2.48 bits per heavy atom. The van der Waals surface area contributed by atoms with Crippen molar-refractivity contribution in [3.05, 3.63) is 30.1 Å². The molecule has 1 saturated carbocycles. The molecular weight excluding hydrogens is 277 g/mol. The lowest BCUT2D eigenvalue weighted by atomic mass is 10.0. The number of carboxylic acids is 1. The van der Waals surface area contributed by atoms with Crippen LogP contribution in [0.5, 0.6) is 5.75 Å². The molecule has 1 aromatic rings. The lowest BCUT2D eigenvalue weighted by Gasteiger charge is -2.18. The molecule has 2 N–H and O–H groups in total. The number of benzene rings is 1. The van der Waals surface area contributed by atoms with Crippen molar-refractivity contribution in [2.45, 2.75) is 32.3 Å². The minimum Gasteiger partial charge on any atom is -0.478 e. The molecule has 0 bridgehead atoms. The van der Waals surface area contributed by atoms with Crippen LogP contribution in [0.25, 0.3) is 0 Å². The molecule has 0 aromatic heterocycles. The van der Waals surface area contributed by atoms with Gasteiger partial charge in [-0.1, -0.05) is 6.92 Å². The topological polar surface area (TPSA) is 75.6 Å². The number of rotatable bonds is 7. The fraction of sp³-hybridized carbons (Fsp3) is 0.467. The van der Waals surface area contributed by atoms with Gasteiger partial charge in [-0.3, -0.25) is 4.79 Å². The lowest BCUT2D eigenvalue weighted by Crippen LogP contribution is -2.42. The molecule has 1 unspecified atom stereocenters. The summed E-state index contributed by atoms with van der Waals surface area (Å²) in [6.45, 7) is 1.82. The Morgan fingerprint density at radius 2 is 2.00 bits per heavy atom. The van der Waals surface area contributed by atoms with Gasteiger partial charge in [-0.15, -0.1) is 0 Å². The molecule has 1 aliphatic rings. The second kappa shape index (κ2) is 6.11. The Hall–Kier alpha value is -2.11. The number of amides is 1. The van der Waals surface area contributed by atoms with Crippen molar-refractivity contribution < 1.29 is 23.8 Å². The van der Waals surface area contributed by atoms with Crippen molar-refractivity contribution in [1.82, 2.24) is 5.32 Å². The first-order valence-corrected chi connectivity index (χ1v) is 6.90. The summed E-state index contributed by atoms with van der Waals surface area (Å²) in [6, 6.07) is 5.06. The van der Waals surface area contributed by atoms with E-state index in [0.717, 1.165) is 19.3 Å². The monoisotopic (exact) mass is 295 g/mol. The normalized spacial score (nSPS) is 16.9. The van der Waals surface area contributed by atoms with Gasteiger partial charge >= 0.3 is 5.97 Å². The van der Waals surface area contributed by atoms with E-state index >= 15 is 0 Å². The van der Waals surface area contributed by atoms with Gasteiger partial charge in [-0.25, -0.2) is 9.18 Å². The number of carbonyl (C=O) groups is 2. The highest BCUT2D eigenvalue weighted by molar-refractivity contribution is 5.85. The number of aliphatic carboxylic acids is 1. The third-order valence-corrected chi connectivity index (χ3v) is 3.83. The first kappa shape index (κ1) is 15.3. The molecule has 21 heavy (non-hydrogen) atoms. The van der Waals surface area contributed by atoms with Crippen LogP contribution in [0.4, 0.5) is 4.39 Å². The molecule has 1 atom stereocenters. The van der Waals surface area contributed by atoms with Gasteiger partial charge in [0.15, 0.2) is 0 Å². The molecule has 114 valence electrons. The maximum absolute atomic E-state index is 12.8. The van der Waals surface area contributed by atoms with Gasteiger partial charge in [0.2, 0.25) is 12.0 Å². The quantitative estimate of drug-likeness (QED) is 0.806. The highest BCUT2D eigenvalue weighted by Gasteiger charge is 2.48. The molecule has 1 fully saturated rings. The number of ether oxygens (including phenoxy) is 1. The zero-order chi connectivity index (χ0) is 15.5. The minimum absolute atomic E-state index is 0.118. The number of nitrogens with one attached hydrogen (secondary N) is 1. The summed E-state index contributed by atoms with van der Waals surface area (Å²) in [5.74, 6) is -1.49. The van der Waals surface area contributed by atoms with Crippen molar-refractivity contribution in [3.8, 4) is 5.75 Å². The van der Waals surface area contributed by atoms with Crippen molar-refractivity contribution >= 4 is 11.9 Å². The van der Waals surface area contributed by atoms with Gasteiger partial charge in [0.25, 0.3) is 0 Å². The molecule has 0 spiro atoms. The molecule has 0 saturated heterocycles. The van der Waals surface area contributed by atoms with Gasteiger partial charge in [0.1, 0.15) is 11.6 Å². The Kier molecular flexibility index (Phi) is 4.45. The van der Waals surface area contributed by atoms with E-state index in [2.05, 4.69) is 5.32 Å². The average molecular weight is 295 g/mol. The van der Waals surface area contributed by atoms with Crippen molar-refractivity contribution in [2.75, 3.05) is 6.54 Å². The largest absolute Gasteiger partial charge is 0.478 e. The van der Waals surface area contributed by atoms with E-state index in [1.807, 2.05) is 6.92 Å². The second-order valence-corrected chi connectivity index (χ2v) is 5.24. The molecule has 0 radical (unpaired) electrons. The van der Waals surface area contributed by atoms with Crippen LogP contribution in [-0.2, 0) is 9.59 Å². The summed E-state index contributed by atoms with van der Waals surface area (Å²) in [4.78, 5) is 23.1. The van der Waals surface area contributed by atoms with Crippen LogP contribution < -0.4 is 10.1 Å². The Morgan fingerprint density at radius 1 is 1.38 bits per heavy atom. The fourth-order valence-electron chi connectivity index (χ4n) is 2.12. The molecule has 0 aliphatic heterocycles. The number of carboxylic acid groups (broad SMARTS) is 1. The summed E-state index contributed by atoms with van der Waals surface area (Å²) < 4.78 is 18.1. The van der Waals surface area contributed by atoms with Gasteiger partial charge < -0.3 is 15.2 Å². The highest BCUT2D eigenvalue weighted by atomic mass is 19.1. The van der Waals surface area contributed by atoms with Crippen LogP contribution in [0.3, 0.4) is 0 Å². The molecule has 0 heterocycles. The van der Waals surface area contributed by atoms with E-state index in [1.165, 1.54) is 24.3 Å². The maximum atomic E-state index is 12.8. The Bertz CT molecular complexity index is 525. The van der Waals surface area contributed by atoms with E-state index < -0.39 is 17.9 Å². The predicted octanol–water partition coefficient (Wildman–Crippen LogP) is 1.96. The third kappa shape index (κ3) is 3.71. The molecule has 5 nitrogen and oxygen atoms in total. The molecule has 6 heteroatoms. The Balaban J connectivity index is 1.92. The number of halogens is 1. The number of hydrogen-bond acceptors (Lipinski definition) is 3. The van der Waals surface area contributed by atoms with E-state index in [9.17, 15) is 14.0 Å². The molecule has 1 amide bonds. The van der Waals surface area contributed by atoms with Crippen LogP contribution >= 0.6 is 0 Å². The summed E-state index contributed by atoms with van der Waals surface area (Å²) >= 11 is 0. The first-order valence-electron chi connectivity index (χ1n) is 6.90. The number of carbonyl (C=O) groups excluding carboxylic acids is 1. The summed E-state index contributed by atoms with van der Waals surface area (Å²) in [6.07, 6.45) is 1.22. The average Bonchev–Trinajstić information content (AvgIpc) is 3.26. The minimum atomic E-state index is -1.20. The fourth-order valence-corrected chi connectivity index (χ4v) is 2.12. The molecule has 1 aromatic carbocycles. The zero-order valence-electron chi connectivity index (χ0n) is 11.8. The zero-order valence-corrected chi connectivity index (χ0v) is 11.8. The van der Waals surface area contributed by atoms with E-state index in [0.29, 0.717) is 0 Å². The van der Waals surface area contributed by atoms with Crippen LogP contribution in [0, 0.1) is 11.2 Å². The van der Waals surface area contributed by atoms with E-state index in [4.69, 9.17) is 9.84 Å². The lowest BCUT2D eigenvalue weighted by molar-refractivity contribution is -0.145. The van der Waals surface area contributed by atoms with Crippen molar-refractivity contribution in [3.63, 3.8) is 0 Å². The summed E-state index contributed by atoms with van der Waals surface area (Å²) in [5.41, 5.74) is -0.321. The van der Waals surface area contributed by atoms with Gasteiger partial charge in [0.05, 0.1) is 6.54 Å². The molecule has 1 aliphatic carbocycles. The van der Waals surface area contributed by atoms with Crippen molar-refractivity contribution in [1.29, 1.82) is 0 Å². The van der Waals surface area contributed by atoms with Crippen LogP contribution in [0.1, 0.15) is 26.2 Å². The Labute approximate surface area is 122 Å². The smallest absolute Gasteiger partial charge is 0.346 e. The van der Waals surface area contributed by atoms with Crippen LogP contribution in [-0.4, -0.2) is 29.6 Å². The van der Waals surface area contributed by atoms with E-state index in [1.54, 1.807) is 0 Å².